The molecule has 0 fully saturated rings. The molecule has 8 heteroatoms. The molecule has 0 atom stereocenters. The summed E-state index contributed by atoms with van der Waals surface area (Å²) in [5, 5.41) is 19.2. The van der Waals surface area contributed by atoms with Crippen molar-refractivity contribution in [2.24, 2.45) is 0 Å². The number of nitrogens with zero attached hydrogens (tertiary/aromatic N) is 2. The number of methoxy groups -OCH3 is 1. The van der Waals surface area contributed by atoms with Crippen LogP contribution in [0.15, 0.2) is 42.6 Å². The predicted molar refractivity (Wildman–Crippen MR) is 80.6 cm³/mol. The second-order valence-electron chi connectivity index (χ2n) is 4.30. The smallest absolute Gasteiger partial charge is 0.328 e. The van der Waals surface area contributed by atoms with E-state index >= 15 is 0 Å². The lowest BCUT2D eigenvalue weighted by Gasteiger charge is -2.10. The summed E-state index contributed by atoms with van der Waals surface area (Å²) in [4.78, 5) is 24.4. The van der Waals surface area contributed by atoms with Crippen molar-refractivity contribution in [3.63, 3.8) is 0 Å². The van der Waals surface area contributed by atoms with Crippen LogP contribution in [-0.2, 0) is 4.79 Å². The third-order valence-corrected chi connectivity index (χ3v) is 2.75. The minimum absolute atomic E-state index is 0.140. The van der Waals surface area contributed by atoms with E-state index in [9.17, 15) is 14.9 Å². The quantitative estimate of drug-likeness (QED) is 0.495. The topological polar surface area (TPSA) is 112 Å². The minimum Gasteiger partial charge on any atom is -0.493 e. The van der Waals surface area contributed by atoms with Crippen molar-refractivity contribution in [1.29, 1.82) is 0 Å². The van der Waals surface area contributed by atoms with E-state index < -0.39 is 10.9 Å². The molecule has 23 heavy (non-hydrogen) atoms. The second-order valence-corrected chi connectivity index (χ2v) is 4.30. The Balaban J connectivity index is 2.22. The van der Waals surface area contributed by atoms with Gasteiger partial charge in [-0.15, -0.1) is 0 Å². The van der Waals surface area contributed by atoms with Crippen molar-refractivity contribution in [3.8, 4) is 17.4 Å². The van der Waals surface area contributed by atoms with Crippen LogP contribution in [0, 0.1) is 10.1 Å². The Morgan fingerprint density at radius 2 is 2.09 bits per heavy atom. The van der Waals surface area contributed by atoms with E-state index in [4.69, 9.17) is 14.6 Å². The van der Waals surface area contributed by atoms with Gasteiger partial charge in [0.15, 0.2) is 11.5 Å². The fourth-order valence-corrected chi connectivity index (χ4v) is 1.69. The van der Waals surface area contributed by atoms with Gasteiger partial charge >= 0.3 is 5.97 Å². The van der Waals surface area contributed by atoms with Gasteiger partial charge in [0.1, 0.15) is 6.20 Å². The summed E-state index contributed by atoms with van der Waals surface area (Å²) in [5.74, 6) is -0.166. The van der Waals surface area contributed by atoms with E-state index in [0.29, 0.717) is 17.1 Å². The first-order valence-corrected chi connectivity index (χ1v) is 6.37. The van der Waals surface area contributed by atoms with Crippen molar-refractivity contribution < 1.29 is 24.3 Å². The maximum atomic E-state index is 10.6. The van der Waals surface area contributed by atoms with E-state index in [1.165, 1.54) is 25.3 Å². The van der Waals surface area contributed by atoms with Gasteiger partial charge in [-0.05, 0) is 23.8 Å². The van der Waals surface area contributed by atoms with Crippen molar-refractivity contribution in [2.75, 3.05) is 7.11 Å². The molecule has 0 bridgehead atoms. The molecule has 0 aliphatic heterocycles. The zero-order valence-electron chi connectivity index (χ0n) is 12.0. The van der Waals surface area contributed by atoms with Crippen LogP contribution >= 0.6 is 0 Å². The number of hydrogen-bond donors (Lipinski definition) is 1. The molecule has 1 heterocycles. The molecule has 1 aromatic carbocycles. The highest BCUT2D eigenvalue weighted by Gasteiger charge is 2.10. The van der Waals surface area contributed by atoms with Gasteiger partial charge in [0, 0.05) is 18.2 Å². The molecule has 2 rings (SSSR count). The zero-order chi connectivity index (χ0) is 16.8. The van der Waals surface area contributed by atoms with Gasteiger partial charge in [-0.3, -0.25) is 10.1 Å². The molecule has 0 saturated heterocycles. The van der Waals surface area contributed by atoms with Crippen molar-refractivity contribution in [1.82, 2.24) is 4.98 Å². The molecule has 1 N–H and O–H groups in total. The van der Waals surface area contributed by atoms with Gasteiger partial charge in [-0.1, -0.05) is 6.07 Å². The van der Waals surface area contributed by atoms with E-state index in [1.54, 1.807) is 18.2 Å². The van der Waals surface area contributed by atoms with Gasteiger partial charge < -0.3 is 14.6 Å². The average molecular weight is 316 g/mol. The monoisotopic (exact) mass is 316 g/mol. The van der Waals surface area contributed by atoms with Gasteiger partial charge in [0.25, 0.3) is 5.69 Å². The molecule has 0 unspecified atom stereocenters. The Bertz CT molecular complexity index is 755. The Morgan fingerprint density at radius 3 is 2.65 bits per heavy atom. The molecule has 0 aliphatic rings. The SMILES string of the molecule is COc1cc(C=CC(=O)O)ccc1Oc1ccc([N+](=O)[O-])cn1. The van der Waals surface area contributed by atoms with Crippen LogP contribution in [-0.4, -0.2) is 28.1 Å². The van der Waals surface area contributed by atoms with E-state index in [2.05, 4.69) is 4.98 Å². The third-order valence-electron chi connectivity index (χ3n) is 2.75. The molecule has 0 saturated carbocycles. The molecular formula is C15H12N2O6. The number of nitro groups is 1. The number of aliphatic carboxylic acids is 1. The number of carbonyl (C=O) groups is 1. The summed E-state index contributed by atoms with van der Waals surface area (Å²) in [5.41, 5.74) is 0.478. The number of benzene rings is 1. The normalized spacial score (nSPS) is 10.5. The molecule has 0 spiro atoms. The summed E-state index contributed by atoms with van der Waals surface area (Å²) >= 11 is 0. The number of rotatable bonds is 6. The van der Waals surface area contributed by atoms with Crippen LogP contribution in [0.3, 0.4) is 0 Å². The number of pyridine rings is 1. The minimum atomic E-state index is -1.06. The van der Waals surface area contributed by atoms with Crippen molar-refractivity contribution >= 4 is 17.7 Å². The van der Waals surface area contributed by atoms with Crippen LogP contribution < -0.4 is 9.47 Å². The Kier molecular flexibility index (Phi) is 4.88. The number of carboxylic acid groups (broad SMARTS) is 1. The van der Waals surface area contributed by atoms with E-state index in [0.717, 1.165) is 12.3 Å². The Labute approximate surface area is 130 Å². The number of aromatic nitrogens is 1. The maximum Gasteiger partial charge on any atom is 0.328 e. The van der Waals surface area contributed by atoms with Crippen molar-refractivity contribution in [2.45, 2.75) is 0 Å². The summed E-state index contributed by atoms with van der Waals surface area (Å²) in [6, 6.07) is 7.47. The molecule has 0 radical (unpaired) electrons. The standard InChI is InChI=1S/C15H12N2O6/c1-22-13-8-10(3-7-15(18)19)2-5-12(13)23-14-6-4-11(9-16-14)17(20)21/h2-9H,1H3,(H,18,19). The number of hydrogen-bond acceptors (Lipinski definition) is 6. The summed E-state index contributed by atoms with van der Waals surface area (Å²) in [6.07, 6.45) is 3.51. The Hall–Kier alpha value is -3.42. The van der Waals surface area contributed by atoms with Crippen LogP contribution in [0.5, 0.6) is 17.4 Å². The Morgan fingerprint density at radius 1 is 1.30 bits per heavy atom. The summed E-state index contributed by atoms with van der Waals surface area (Å²) in [6.45, 7) is 0. The molecule has 0 aliphatic carbocycles. The van der Waals surface area contributed by atoms with E-state index in [-0.39, 0.29) is 11.6 Å². The highest BCUT2D eigenvalue weighted by molar-refractivity contribution is 5.85. The van der Waals surface area contributed by atoms with Crippen LogP contribution in [0.4, 0.5) is 5.69 Å². The van der Waals surface area contributed by atoms with Crippen molar-refractivity contribution in [3.05, 3.63) is 58.3 Å². The largest absolute Gasteiger partial charge is 0.493 e. The molecule has 0 amide bonds. The van der Waals surface area contributed by atoms with E-state index in [1.807, 2.05) is 0 Å². The van der Waals surface area contributed by atoms with Crippen LogP contribution in [0.25, 0.3) is 6.08 Å². The van der Waals surface area contributed by atoms with Gasteiger partial charge in [0.05, 0.1) is 12.0 Å². The first-order valence-electron chi connectivity index (χ1n) is 6.37. The zero-order valence-corrected chi connectivity index (χ0v) is 12.0. The summed E-state index contributed by atoms with van der Waals surface area (Å²) < 4.78 is 10.7. The molecular weight excluding hydrogens is 304 g/mol. The second kappa shape index (κ2) is 7.03. The first kappa shape index (κ1) is 16.0. The highest BCUT2D eigenvalue weighted by atomic mass is 16.6. The molecule has 118 valence electrons. The molecule has 2 aromatic rings. The third kappa shape index (κ3) is 4.27. The first-order chi connectivity index (χ1) is 11.0. The fraction of sp³-hybridized carbons (Fsp3) is 0.0667. The lowest BCUT2D eigenvalue weighted by atomic mass is 10.2. The van der Waals surface area contributed by atoms with Gasteiger partial charge in [-0.25, -0.2) is 9.78 Å². The highest BCUT2D eigenvalue weighted by Crippen LogP contribution is 2.32. The molecule has 8 nitrogen and oxygen atoms in total. The average Bonchev–Trinajstić information content (AvgIpc) is 2.54. The lowest BCUT2D eigenvalue weighted by Crippen LogP contribution is -1.94. The fourth-order valence-electron chi connectivity index (χ4n) is 1.69. The predicted octanol–water partition coefficient (Wildman–Crippen LogP) is 2.89. The summed E-state index contributed by atoms with van der Waals surface area (Å²) in [7, 11) is 1.44. The maximum absolute atomic E-state index is 10.6. The van der Waals surface area contributed by atoms with Crippen LogP contribution in [0.2, 0.25) is 0 Å². The molecule has 1 aromatic heterocycles. The number of carboxylic acids is 1. The lowest BCUT2D eigenvalue weighted by molar-refractivity contribution is -0.385. The number of ether oxygens (including phenoxy) is 2. The van der Waals surface area contributed by atoms with Crippen LogP contribution in [0.1, 0.15) is 5.56 Å². The van der Waals surface area contributed by atoms with Gasteiger partial charge in [-0.2, -0.15) is 0 Å². The van der Waals surface area contributed by atoms with Gasteiger partial charge in [0.2, 0.25) is 5.88 Å².